The largest absolute Gasteiger partial charge is 0.497 e. The van der Waals surface area contributed by atoms with Gasteiger partial charge in [0.15, 0.2) is 6.23 Å². The van der Waals surface area contributed by atoms with Crippen LogP contribution < -0.4 is 9.47 Å². The van der Waals surface area contributed by atoms with Gasteiger partial charge in [0.2, 0.25) is 0 Å². The third kappa shape index (κ3) is 2.76. The maximum Gasteiger partial charge on any atom is 0.156 e. The van der Waals surface area contributed by atoms with Crippen molar-refractivity contribution in [2.45, 2.75) is 12.6 Å². The molecule has 5 heteroatoms. The monoisotopic (exact) mass is 337 g/mol. The van der Waals surface area contributed by atoms with Gasteiger partial charge in [-0.3, -0.25) is 4.90 Å². The van der Waals surface area contributed by atoms with Crippen LogP contribution in [0.4, 0.5) is 0 Å². The smallest absolute Gasteiger partial charge is 0.156 e. The molecule has 1 aliphatic rings. The lowest BCUT2D eigenvalue weighted by molar-refractivity contribution is 0.0866. The standard InChI is InChI=1S/C17H17Cl2NO2/c1-20(2)16-7-10-6-12(21-3)9-14(17(10)22-16)13-8-11(18)4-5-15(13)19/h4-6,8-9,16H,7H2,1-3H3. The summed E-state index contributed by atoms with van der Waals surface area (Å²) in [7, 11) is 5.66. The van der Waals surface area contributed by atoms with Crippen molar-refractivity contribution in [2.75, 3.05) is 21.2 Å². The number of likely N-dealkylation sites (N-methyl/N-ethyl adjacent to an activating group) is 1. The zero-order valence-corrected chi connectivity index (χ0v) is 14.2. The van der Waals surface area contributed by atoms with Gasteiger partial charge >= 0.3 is 0 Å². The molecule has 1 heterocycles. The van der Waals surface area contributed by atoms with Gasteiger partial charge in [0.25, 0.3) is 0 Å². The molecule has 1 atom stereocenters. The third-order valence-electron chi connectivity index (χ3n) is 3.82. The number of nitrogens with zero attached hydrogens (tertiary/aromatic N) is 1. The van der Waals surface area contributed by atoms with Crippen molar-refractivity contribution in [1.82, 2.24) is 4.90 Å². The number of methoxy groups -OCH3 is 1. The maximum atomic E-state index is 6.36. The van der Waals surface area contributed by atoms with E-state index in [1.165, 1.54) is 0 Å². The summed E-state index contributed by atoms with van der Waals surface area (Å²) >= 11 is 12.5. The van der Waals surface area contributed by atoms with Crippen molar-refractivity contribution in [2.24, 2.45) is 0 Å². The highest BCUT2D eigenvalue weighted by atomic mass is 35.5. The third-order valence-corrected chi connectivity index (χ3v) is 4.38. The molecule has 0 spiro atoms. The number of fused-ring (bicyclic) bond motifs is 1. The fourth-order valence-electron chi connectivity index (χ4n) is 2.63. The molecule has 0 saturated heterocycles. The normalized spacial score (nSPS) is 16.5. The van der Waals surface area contributed by atoms with Crippen molar-refractivity contribution in [3.8, 4) is 22.6 Å². The first-order valence-electron chi connectivity index (χ1n) is 6.99. The minimum absolute atomic E-state index is 0.0128. The van der Waals surface area contributed by atoms with Gasteiger partial charge in [0.1, 0.15) is 11.5 Å². The zero-order valence-electron chi connectivity index (χ0n) is 12.7. The SMILES string of the molecule is COc1cc2c(c(-c3cc(Cl)ccc3Cl)c1)OC(N(C)C)C2. The second-order valence-electron chi connectivity index (χ2n) is 5.53. The minimum atomic E-state index is 0.0128. The lowest BCUT2D eigenvalue weighted by Crippen LogP contribution is -2.31. The number of halogens is 2. The quantitative estimate of drug-likeness (QED) is 0.823. The van der Waals surface area contributed by atoms with Crippen LogP contribution in [0.5, 0.6) is 11.5 Å². The van der Waals surface area contributed by atoms with Crippen LogP contribution in [0, 0.1) is 0 Å². The fraction of sp³-hybridized carbons (Fsp3) is 0.294. The molecule has 1 aliphatic heterocycles. The molecule has 0 amide bonds. The molecule has 0 radical (unpaired) electrons. The van der Waals surface area contributed by atoms with E-state index in [1.807, 2.05) is 32.3 Å². The zero-order chi connectivity index (χ0) is 15.9. The van der Waals surface area contributed by atoms with Crippen LogP contribution in [-0.4, -0.2) is 32.3 Å². The molecular weight excluding hydrogens is 321 g/mol. The summed E-state index contributed by atoms with van der Waals surface area (Å²) in [6, 6.07) is 9.38. The first-order valence-corrected chi connectivity index (χ1v) is 7.74. The van der Waals surface area contributed by atoms with Gasteiger partial charge in [0.05, 0.1) is 7.11 Å². The van der Waals surface area contributed by atoms with E-state index < -0.39 is 0 Å². The second-order valence-corrected chi connectivity index (χ2v) is 6.37. The number of hydrogen-bond donors (Lipinski definition) is 0. The molecule has 0 bridgehead atoms. The first-order chi connectivity index (χ1) is 10.5. The van der Waals surface area contributed by atoms with E-state index in [1.54, 1.807) is 19.2 Å². The number of hydrogen-bond acceptors (Lipinski definition) is 3. The Bertz CT molecular complexity index is 716. The molecule has 0 aliphatic carbocycles. The number of benzene rings is 2. The molecule has 0 fully saturated rings. The van der Waals surface area contributed by atoms with Gasteiger partial charge in [-0.1, -0.05) is 23.2 Å². The van der Waals surface area contributed by atoms with Crippen LogP contribution in [0.2, 0.25) is 10.0 Å². The van der Waals surface area contributed by atoms with Crippen molar-refractivity contribution >= 4 is 23.2 Å². The van der Waals surface area contributed by atoms with Crippen molar-refractivity contribution in [1.29, 1.82) is 0 Å². The molecule has 3 rings (SSSR count). The van der Waals surface area contributed by atoms with Crippen LogP contribution in [0.15, 0.2) is 30.3 Å². The van der Waals surface area contributed by atoms with E-state index in [-0.39, 0.29) is 6.23 Å². The second kappa shape index (κ2) is 5.99. The summed E-state index contributed by atoms with van der Waals surface area (Å²) in [6.45, 7) is 0. The van der Waals surface area contributed by atoms with Crippen LogP contribution in [0.25, 0.3) is 11.1 Å². The predicted molar refractivity (Wildman–Crippen MR) is 90.3 cm³/mol. The lowest BCUT2D eigenvalue weighted by atomic mass is 10.00. The highest BCUT2D eigenvalue weighted by molar-refractivity contribution is 6.35. The van der Waals surface area contributed by atoms with Crippen molar-refractivity contribution in [3.63, 3.8) is 0 Å². The highest BCUT2D eigenvalue weighted by Crippen LogP contribution is 2.44. The van der Waals surface area contributed by atoms with E-state index in [0.29, 0.717) is 10.0 Å². The topological polar surface area (TPSA) is 21.7 Å². The Hall–Kier alpha value is -1.42. The van der Waals surface area contributed by atoms with Crippen LogP contribution in [0.1, 0.15) is 5.56 Å². The summed E-state index contributed by atoms with van der Waals surface area (Å²) in [5, 5.41) is 1.27. The summed E-state index contributed by atoms with van der Waals surface area (Å²) in [6.07, 6.45) is 0.823. The Morgan fingerprint density at radius 2 is 1.91 bits per heavy atom. The first kappa shape index (κ1) is 15.5. The molecule has 22 heavy (non-hydrogen) atoms. The molecule has 2 aromatic rings. The van der Waals surface area contributed by atoms with Crippen LogP contribution in [0.3, 0.4) is 0 Å². The number of ether oxygens (including phenoxy) is 2. The van der Waals surface area contributed by atoms with Gasteiger partial charge in [-0.05, 0) is 44.4 Å². The Kier molecular flexibility index (Phi) is 4.22. The highest BCUT2D eigenvalue weighted by Gasteiger charge is 2.29. The molecule has 0 aromatic heterocycles. The molecule has 116 valence electrons. The Morgan fingerprint density at radius 1 is 1.14 bits per heavy atom. The molecule has 0 N–H and O–H groups in total. The fourth-order valence-corrected chi connectivity index (χ4v) is 3.02. The van der Waals surface area contributed by atoms with Gasteiger partial charge in [-0.25, -0.2) is 0 Å². The van der Waals surface area contributed by atoms with Crippen LogP contribution >= 0.6 is 23.2 Å². The van der Waals surface area contributed by atoms with E-state index in [2.05, 4.69) is 4.90 Å². The predicted octanol–water partition coefficient (Wildman–Crippen LogP) is 4.49. The Morgan fingerprint density at radius 3 is 2.59 bits per heavy atom. The van der Waals surface area contributed by atoms with Crippen LogP contribution in [-0.2, 0) is 6.42 Å². The van der Waals surface area contributed by atoms with Gasteiger partial charge in [-0.2, -0.15) is 0 Å². The molecule has 2 aromatic carbocycles. The Balaban J connectivity index is 2.16. The average molecular weight is 338 g/mol. The molecule has 0 saturated carbocycles. The summed E-state index contributed by atoms with van der Waals surface area (Å²) in [5.74, 6) is 1.64. The van der Waals surface area contributed by atoms with Gasteiger partial charge in [-0.15, -0.1) is 0 Å². The summed E-state index contributed by atoms with van der Waals surface area (Å²) in [5.41, 5.74) is 2.87. The van der Waals surface area contributed by atoms with E-state index in [0.717, 1.165) is 34.6 Å². The van der Waals surface area contributed by atoms with E-state index >= 15 is 0 Å². The van der Waals surface area contributed by atoms with Gasteiger partial charge in [0, 0.05) is 33.2 Å². The summed E-state index contributed by atoms with van der Waals surface area (Å²) in [4.78, 5) is 2.05. The minimum Gasteiger partial charge on any atom is -0.497 e. The lowest BCUT2D eigenvalue weighted by Gasteiger charge is -2.19. The number of rotatable bonds is 3. The molecule has 3 nitrogen and oxygen atoms in total. The maximum absolute atomic E-state index is 6.36. The van der Waals surface area contributed by atoms with E-state index in [9.17, 15) is 0 Å². The van der Waals surface area contributed by atoms with Crippen molar-refractivity contribution in [3.05, 3.63) is 45.9 Å². The molecular formula is C17H17Cl2NO2. The Labute approximate surface area is 140 Å². The van der Waals surface area contributed by atoms with Crippen molar-refractivity contribution < 1.29 is 9.47 Å². The summed E-state index contributed by atoms with van der Waals surface area (Å²) < 4.78 is 11.5. The van der Waals surface area contributed by atoms with Gasteiger partial charge < -0.3 is 9.47 Å². The average Bonchev–Trinajstić information content (AvgIpc) is 2.93. The molecule has 1 unspecified atom stereocenters. The van der Waals surface area contributed by atoms with E-state index in [4.69, 9.17) is 32.7 Å².